The number of phenols is 1. The van der Waals surface area contributed by atoms with Crippen LogP contribution in [0.1, 0.15) is 11.1 Å². The number of benzene rings is 2. The van der Waals surface area contributed by atoms with Gasteiger partial charge in [-0.2, -0.15) is 0 Å². The van der Waals surface area contributed by atoms with Crippen LogP contribution >= 0.6 is 27.5 Å². The largest absolute Gasteiger partial charge is 0.507 e. The molecule has 0 aliphatic rings. The van der Waals surface area contributed by atoms with Gasteiger partial charge in [-0.25, -0.2) is 0 Å². The summed E-state index contributed by atoms with van der Waals surface area (Å²) in [5.74, 6) is 0.248. The van der Waals surface area contributed by atoms with E-state index < -0.39 is 0 Å². The Bertz CT molecular complexity index is 572. The van der Waals surface area contributed by atoms with E-state index in [2.05, 4.69) is 21.2 Å². The van der Waals surface area contributed by atoms with Gasteiger partial charge in [0.25, 0.3) is 0 Å². The van der Waals surface area contributed by atoms with Crippen LogP contribution in [0.3, 0.4) is 0 Å². The molecule has 0 fully saturated rings. The molecule has 0 aliphatic carbocycles. The van der Waals surface area contributed by atoms with Crippen molar-refractivity contribution in [1.82, 2.24) is 0 Å². The zero-order valence-electron chi connectivity index (χ0n) is 9.87. The van der Waals surface area contributed by atoms with Crippen LogP contribution in [0, 0.1) is 6.92 Å². The Morgan fingerprint density at radius 2 is 2.06 bits per heavy atom. The van der Waals surface area contributed by atoms with Gasteiger partial charge in [-0.1, -0.05) is 23.7 Å². The van der Waals surface area contributed by atoms with Crippen molar-refractivity contribution < 1.29 is 5.11 Å². The van der Waals surface area contributed by atoms with Gasteiger partial charge in [-0.05, 0) is 58.2 Å². The molecule has 4 heteroatoms. The van der Waals surface area contributed by atoms with Crippen molar-refractivity contribution in [2.75, 3.05) is 5.32 Å². The molecule has 0 aliphatic heterocycles. The molecule has 0 unspecified atom stereocenters. The van der Waals surface area contributed by atoms with E-state index in [0.29, 0.717) is 11.0 Å². The van der Waals surface area contributed by atoms with Crippen LogP contribution in [0.2, 0.25) is 5.02 Å². The molecule has 0 bridgehead atoms. The predicted octanol–water partition coefficient (Wildman–Crippen LogP) is 4.73. The van der Waals surface area contributed by atoms with Crippen LogP contribution in [0.4, 0.5) is 5.69 Å². The molecule has 2 aromatic carbocycles. The maximum absolute atomic E-state index is 9.42. The van der Waals surface area contributed by atoms with Gasteiger partial charge < -0.3 is 10.4 Å². The minimum absolute atomic E-state index is 0.248. The van der Waals surface area contributed by atoms with E-state index in [0.717, 1.165) is 21.8 Å². The number of aromatic hydroxyl groups is 1. The Labute approximate surface area is 120 Å². The molecule has 0 saturated heterocycles. The van der Waals surface area contributed by atoms with Gasteiger partial charge in [0.15, 0.2) is 0 Å². The normalized spacial score (nSPS) is 10.4. The minimum Gasteiger partial charge on any atom is -0.507 e. The van der Waals surface area contributed by atoms with Crippen molar-refractivity contribution in [3.05, 3.63) is 57.0 Å². The second-order valence-corrected chi connectivity index (χ2v) is 5.31. The third kappa shape index (κ3) is 2.98. The summed E-state index contributed by atoms with van der Waals surface area (Å²) in [6.07, 6.45) is 0. The van der Waals surface area contributed by atoms with Crippen LogP contribution in [0.25, 0.3) is 0 Å². The topological polar surface area (TPSA) is 32.3 Å². The number of phenolic OH excluding ortho intramolecular Hbond substituents is 1. The summed E-state index contributed by atoms with van der Waals surface area (Å²) in [6, 6.07) is 11.2. The smallest absolute Gasteiger partial charge is 0.129 e. The molecule has 0 atom stereocenters. The average molecular weight is 327 g/mol. The first-order chi connectivity index (χ1) is 8.58. The van der Waals surface area contributed by atoms with Gasteiger partial charge in [0.05, 0.1) is 4.47 Å². The first-order valence-electron chi connectivity index (χ1n) is 5.54. The number of nitrogens with one attached hydrogen (secondary N) is 1. The molecule has 94 valence electrons. The summed E-state index contributed by atoms with van der Waals surface area (Å²) in [7, 11) is 0. The summed E-state index contributed by atoms with van der Waals surface area (Å²) >= 11 is 9.36. The van der Waals surface area contributed by atoms with E-state index in [4.69, 9.17) is 11.6 Å². The lowest BCUT2D eigenvalue weighted by atomic mass is 10.1. The van der Waals surface area contributed by atoms with E-state index in [-0.39, 0.29) is 5.75 Å². The summed E-state index contributed by atoms with van der Waals surface area (Å²) in [4.78, 5) is 0. The van der Waals surface area contributed by atoms with Crippen LogP contribution in [0.5, 0.6) is 5.75 Å². The zero-order valence-corrected chi connectivity index (χ0v) is 12.2. The molecule has 2 rings (SSSR count). The van der Waals surface area contributed by atoms with Crippen LogP contribution in [-0.4, -0.2) is 5.11 Å². The summed E-state index contributed by atoms with van der Waals surface area (Å²) < 4.78 is 0.699. The third-order valence-corrected chi connectivity index (χ3v) is 3.81. The minimum atomic E-state index is 0.248. The van der Waals surface area contributed by atoms with Crippen molar-refractivity contribution in [3.63, 3.8) is 0 Å². The predicted molar refractivity (Wildman–Crippen MR) is 79.3 cm³/mol. The molecule has 2 aromatic rings. The Morgan fingerprint density at radius 3 is 2.78 bits per heavy atom. The van der Waals surface area contributed by atoms with Gasteiger partial charge in [-0.15, -0.1) is 0 Å². The number of anilines is 1. The highest BCUT2D eigenvalue weighted by molar-refractivity contribution is 9.10. The van der Waals surface area contributed by atoms with Crippen molar-refractivity contribution in [1.29, 1.82) is 0 Å². The van der Waals surface area contributed by atoms with Crippen LogP contribution in [0.15, 0.2) is 40.9 Å². The first kappa shape index (κ1) is 13.2. The molecular weight excluding hydrogens is 314 g/mol. The Hall–Kier alpha value is -1.19. The molecule has 18 heavy (non-hydrogen) atoms. The number of rotatable bonds is 3. The number of halogens is 2. The van der Waals surface area contributed by atoms with Crippen molar-refractivity contribution in [3.8, 4) is 5.75 Å². The maximum Gasteiger partial charge on any atom is 0.129 e. The second kappa shape index (κ2) is 5.63. The molecular formula is C14H13BrClNO. The summed E-state index contributed by atoms with van der Waals surface area (Å²) in [6.45, 7) is 2.66. The fourth-order valence-electron chi connectivity index (χ4n) is 1.66. The lowest BCUT2D eigenvalue weighted by molar-refractivity contribution is 0.471. The van der Waals surface area contributed by atoms with Crippen molar-refractivity contribution >= 4 is 33.2 Å². The van der Waals surface area contributed by atoms with Gasteiger partial charge in [0.2, 0.25) is 0 Å². The Morgan fingerprint density at radius 1 is 1.28 bits per heavy atom. The van der Waals surface area contributed by atoms with Gasteiger partial charge >= 0.3 is 0 Å². The van der Waals surface area contributed by atoms with E-state index in [9.17, 15) is 5.11 Å². The average Bonchev–Trinajstić information content (AvgIpc) is 2.35. The molecule has 0 heterocycles. The van der Waals surface area contributed by atoms with Gasteiger partial charge in [-0.3, -0.25) is 0 Å². The molecule has 0 saturated carbocycles. The van der Waals surface area contributed by atoms with Gasteiger partial charge in [0, 0.05) is 17.3 Å². The molecule has 0 amide bonds. The standard InChI is InChI=1S/C14H13BrClNO/c1-9-12(16)3-2-4-13(9)17-8-10-5-6-14(18)11(15)7-10/h2-7,17-18H,8H2,1H3. The lowest BCUT2D eigenvalue weighted by Gasteiger charge is -2.11. The van der Waals surface area contributed by atoms with E-state index >= 15 is 0 Å². The summed E-state index contributed by atoms with van der Waals surface area (Å²) in [5, 5.41) is 13.5. The molecule has 2 nitrogen and oxygen atoms in total. The molecule has 0 radical (unpaired) electrons. The maximum atomic E-state index is 9.42. The first-order valence-corrected chi connectivity index (χ1v) is 6.71. The highest BCUT2D eigenvalue weighted by atomic mass is 79.9. The van der Waals surface area contributed by atoms with Crippen molar-refractivity contribution in [2.24, 2.45) is 0 Å². The van der Waals surface area contributed by atoms with E-state index in [1.165, 1.54) is 0 Å². The van der Waals surface area contributed by atoms with Gasteiger partial charge in [0.1, 0.15) is 5.75 Å². The van der Waals surface area contributed by atoms with Crippen LogP contribution < -0.4 is 5.32 Å². The SMILES string of the molecule is Cc1c(Cl)cccc1NCc1ccc(O)c(Br)c1. The fourth-order valence-corrected chi connectivity index (χ4v) is 2.26. The third-order valence-electron chi connectivity index (χ3n) is 2.76. The quantitative estimate of drug-likeness (QED) is 0.854. The summed E-state index contributed by atoms with van der Waals surface area (Å²) in [5.41, 5.74) is 3.14. The second-order valence-electron chi connectivity index (χ2n) is 4.05. The lowest BCUT2D eigenvalue weighted by Crippen LogP contribution is -2.01. The molecule has 0 aromatic heterocycles. The monoisotopic (exact) mass is 325 g/mol. The Balaban J connectivity index is 2.11. The van der Waals surface area contributed by atoms with E-state index in [1.54, 1.807) is 6.07 Å². The fraction of sp³-hybridized carbons (Fsp3) is 0.143. The molecule has 2 N–H and O–H groups in total. The number of hydrogen-bond acceptors (Lipinski definition) is 2. The van der Waals surface area contributed by atoms with Crippen LogP contribution in [-0.2, 0) is 6.54 Å². The zero-order chi connectivity index (χ0) is 13.1. The number of hydrogen-bond donors (Lipinski definition) is 2. The Kier molecular flexibility index (Phi) is 4.15. The highest BCUT2D eigenvalue weighted by Gasteiger charge is 2.03. The highest BCUT2D eigenvalue weighted by Crippen LogP contribution is 2.26. The van der Waals surface area contributed by atoms with Crippen molar-refractivity contribution in [2.45, 2.75) is 13.5 Å². The molecule has 0 spiro atoms. The van der Waals surface area contributed by atoms with E-state index in [1.807, 2.05) is 37.3 Å².